The van der Waals surface area contributed by atoms with Crippen molar-refractivity contribution in [2.75, 3.05) is 14.2 Å². The van der Waals surface area contributed by atoms with Crippen molar-refractivity contribution < 1.29 is 19.1 Å². The van der Waals surface area contributed by atoms with Crippen LogP contribution < -0.4 is 4.74 Å². The van der Waals surface area contributed by atoms with E-state index >= 15 is 0 Å². The quantitative estimate of drug-likeness (QED) is 0.201. The minimum atomic E-state index is -0.414. The van der Waals surface area contributed by atoms with Gasteiger partial charge in [0.2, 0.25) is 0 Å². The lowest BCUT2D eigenvalue weighted by Crippen LogP contribution is -2.67. The van der Waals surface area contributed by atoms with Crippen molar-refractivity contribution in [3.8, 4) is 5.75 Å². The van der Waals surface area contributed by atoms with Crippen LogP contribution in [0.5, 0.6) is 5.75 Å². The largest absolute Gasteiger partial charge is 0.496 e. The first-order chi connectivity index (χ1) is 20.2. The van der Waals surface area contributed by atoms with Crippen molar-refractivity contribution in [2.24, 2.45) is 56.7 Å². The van der Waals surface area contributed by atoms with E-state index in [4.69, 9.17) is 9.47 Å². The number of ether oxygens (including phenoxy) is 2. The van der Waals surface area contributed by atoms with E-state index in [9.17, 15) is 9.59 Å². The third-order valence-electron chi connectivity index (χ3n) is 14.7. The zero-order chi connectivity index (χ0) is 31.2. The van der Waals surface area contributed by atoms with Crippen molar-refractivity contribution >= 4 is 17.8 Å². The SMILES string of the molecule is C=C(C)[C@@H]1CC[C@]2(C(=O)OC)CC[C@]3(C)[C@H](CC[C@@H]4[C@@]5(C)C/C(=C/c6ccccc6OC)C(=O)C(C)(C)[C@@H]5CC[C@]43C)[C@H]12. The molecule has 0 N–H and O–H groups in total. The Balaban J connectivity index is 1.42. The summed E-state index contributed by atoms with van der Waals surface area (Å²) in [5.74, 6) is 3.19. The highest BCUT2D eigenvalue weighted by Crippen LogP contribution is 2.77. The third-order valence-corrected chi connectivity index (χ3v) is 14.7. The van der Waals surface area contributed by atoms with E-state index in [1.54, 1.807) is 14.2 Å². The third kappa shape index (κ3) is 3.99. The second-order valence-electron chi connectivity index (χ2n) is 16.5. The van der Waals surface area contributed by atoms with Crippen molar-refractivity contribution in [1.29, 1.82) is 0 Å². The number of hydrogen-bond donors (Lipinski definition) is 0. The molecule has 0 amide bonds. The van der Waals surface area contributed by atoms with Crippen LogP contribution in [0.2, 0.25) is 0 Å². The summed E-state index contributed by atoms with van der Waals surface area (Å²) in [5.41, 5.74) is 2.68. The summed E-state index contributed by atoms with van der Waals surface area (Å²) in [4.78, 5) is 27.7. The summed E-state index contributed by atoms with van der Waals surface area (Å²) in [5, 5.41) is 0. The molecule has 0 radical (unpaired) electrons. The molecule has 5 aliphatic carbocycles. The predicted molar refractivity (Wildman–Crippen MR) is 172 cm³/mol. The van der Waals surface area contributed by atoms with E-state index in [-0.39, 0.29) is 27.6 Å². The maximum absolute atomic E-state index is 14.2. The normalized spacial score (nSPS) is 44.0. The smallest absolute Gasteiger partial charge is 0.312 e. The van der Waals surface area contributed by atoms with Gasteiger partial charge >= 0.3 is 5.97 Å². The number of para-hydroxylation sites is 1. The Morgan fingerprint density at radius 2 is 1.63 bits per heavy atom. The molecule has 0 bridgehead atoms. The van der Waals surface area contributed by atoms with Crippen molar-refractivity contribution in [3.63, 3.8) is 0 Å². The Hall–Kier alpha value is -2.36. The number of esters is 1. The zero-order valence-electron chi connectivity index (χ0n) is 28.0. The fourth-order valence-corrected chi connectivity index (χ4v) is 12.7. The zero-order valence-corrected chi connectivity index (χ0v) is 28.0. The molecule has 1 aromatic carbocycles. The van der Waals surface area contributed by atoms with Gasteiger partial charge in [0.1, 0.15) is 5.75 Å². The number of Topliss-reactive ketones (excluding diaryl/α,β-unsaturated/α-hetero) is 1. The summed E-state index contributed by atoms with van der Waals surface area (Å²) in [6.45, 7) is 18.8. The lowest BCUT2D eigenvalue weighted by Gasteiger charge is -2.72. The maximum atomic E-state index is 14.2. The van der Waals surface area contributed by atoms with E-state index in [0.29, 0.717) is 35.4 Å². The topological polar surface area (TPSA) is 52.6 Å². The second-order valence-corrected chi connectivity index (χ2v) is 16.5. The van der Waals surface area contributed by atoms with Gasteiger partial charge in [-0.2, -0.15) is 0 Å². The Morgan fingerprint density at radius 1 is 0.907 bits per heavy atom. The number of rotatable bonds is 4. The van der Waals surface area contributed by atoms with Crippen LogP contribution >= 0.6 is 0 Å². The number of carbonyl (C=O) groups is 2. The summed E-state index contributed by atoms with van der Waals surface area (Å²) < 4.78 is 11.2. The molecule has 0 unspecified atom stereocenters. The van der Waals surface area contributed by atoms with Crippen molar-refractivity contribution in [3.05, 3.63) is 47.6 Å². The molecule has 4 nitrogen and oxygen atoms in total. The molecule has 0 saturated heterocycles. The maximum Gasteiger partial charge on any atom is 0.312 e. The van der Waals surface area contributed by atoms with Gasteiger partial charge in [-0.1, -0.05) is 65.0 Å². The van der Waals surface area contributed by atoms with Gasteiger partial charge in [-0.3, -0.25) is 9.59 Å². The van der Waals surface area contributed by atoms with Crippen LogP contribution in [0.1, 0.15) is 105 Å². The second kappa shape index (κ2) is 10.1. The lowest BCUT2D eigenvalue weighted by atomic mass is 9.32. The molecule has 0 aliphatic heterocycles. The van der Waals surface area contributed by atoms with Crippen LogP contribution in [0.15, 0.2) is 42.0 Å². The molecule has 9 atom stereocenters. The van der Waals surface area contributed by atoms with E-state index in [0.717, 1.165) is 74.7 Å². The number of methoxy groups -OCH3 is 2. The molecular formula is C39H54O4. The predicted octanol–water partition coefficient (Wildman–Crippen LogP) is 9.09. The Kier molecular flexibility index (Phi) is 7.18. The molecule has 234 valence electrons. The number of hydrogen-bond acceptors (Lipinski definition) is 4. The van der Waals surface area contributed by atoms with Crippen LogP contribution in [0.25, 0.3) is 6.08 Å². The standard InChI is InChI=1S/C39H54O4/c1-24(2)27-16-19-39(34(41)43-9)21-20-37(6)28(32(27)39)14-15-31-36(5)23-26(22-25-12-10-11-13-29(25)42-8)33(40)35(3,4)30(36)17-18-38(31,37)7/h10-13,22,27-28,30-32H,1,14-21,23H2,2-9H3/b26-22-/t27-,28+,30-,31+,32-,36-,37+,38+,39-/m0/s1. The van der Waals surface area contributed by atoms with Crippen LogP contribution in [0.3, 0.4) is 0 Å². The molecule has 0 heterocycles. The molecule has 5 aliphatic rings. The summed E-state index contributed by atoms with van der Waals surface area (Å²) in [7, 11) is 3.29. The summed E-state index contributed by atoms with van der Waals surface area (Å²) in [6, 6.07) is 8.05. The van der Waals surface area contributed by atoms with Gasteiger partial charge in [0.15, 0.2) is 5.78 Å². The minimum absolute atomic E-state index is 0.0184. The highest BCUT2D eigenvalue weighted by atomic mass is 16.5. The minimum Gasteiger partial charge on any atom is -0.496 e. The molecular weight excluding hydrogens is 532 g/mol. The molecule has 6 rings (SSSR count). The average molecular weight is 587 g/mol. The first-order valence-electron chi connectivity index (χ1n) is 16.8. The molecule has 1 aromatic rings. The van der Waals surface area contributed by atoms with Crippen LogP contribution in [0.4, 0.5) is 0 Å². The van der Waals surface area contributed by atoms with E-state index in [1.165, 1.54) is 5.57 Å². The van der Waals surface area contributed by atoms with Crippen molar-refractivity contribution in [1.82, 2.24) is 0 Å². The summed E-state index contributed by atoms with van der Waals surface area (Å²) in [6.07, 6.45) is 11.5. The van der Waals surface area contributed by atoms with Gasteiger partial charge in [-0.25, -0.2) is 0 Å². The van der Waals surface area contributed by atoms with Crippen molar-refractivity contribution in [2.45, 2.75) is 99.3 Å². The van der Waals surface area contributed by atoms with E-state index < -0.39 is 5.41 Å². The number of fused-ring (bicyclic) bond motifs is 7. The average Bonchev–Trinajstić information content (AvgIpc) is 3.37. The van der Waals surface area contributed by atoms with Crippen LogP contribution in [0, 0.1) is 56.7 Å². The van der Waals surface area contributed by atoms with Crippen LogP contribution in [-0.2, 0) is 14.3 Å². The molecule has 0 aromatic heterocycles. The highest BCUT2D eigenvalue weighted by molar-refractivity contribution is 6.04. The fraction of sp³-hybridized carbons (Fsp3) is 0.692. The summed E-state index contributed by atoms with van der Waals surface area (Å²) >= 11 is 0. The van der Waals surface area contributed by atoms with E-state index in [2.05, 4.69) is 60.3 Å². The van der Waals surface area contributed by atoms with E-state index in [1.807, 2.05) is 18.2 Å². The van der Waals surface area contributed by atoms with Gasteiger partial charge in [-0.05, 0) is 128 Å². The Morgan fingerprint density at radius 3 is 2.30 bits per heavy atom. The fourth-order valence-electron chi connectivity index (χ4n) is 12.7. The number of carbonyl (C=O) groups excluding carboxylic acids is 2. The van der Waals surface area contributed by atoms with Gasteiger partial charge in [0, 0.05) is 11.0 Å². The Labute approximate surface area is 260 Å². The highest BCUT2D eigenvalue weighted by Gasteiger charge is 2.72. The first kappa shape index (κ1) is 30.7. The molecule has 43 heavy (non-hydrogen) atoms. The molecule has 0 spiro atoms. The molecule has 4 heteroatoms. The Bertz CT molecular complexity index is 1370. The lowest BCUT2D eigenvalue weighted by molar-refractivity contribution is -0.232. The number of benzene rings is 1. The van der Waals surface area contributed by atoms with Gasteiger partial charge in [0.05, 0.1) is 19.6 Å². The number of ketones is 1. The molecule has 5 saturated carbocycles. The first-order valence-corrected chi connectivity index (χ1v) is 16.8. The molecule has 5 fully saturated rings. The monoisotopic (exact) mass is 586 g/mol. The van der Waals surface area contributed by atoms with Crippen LogP contribution in [-0.4, -0.2) is 26.0 Å². The number of allylic oxidation sites excluding steroid dienone is 2. The van der Waals surface area contributed by atoms with Gasteiger partial charge in [0.25, 0.3) is 0 Å². The van der Waals surface area contributed by atoms with Gasteiger partial charge in [-0.15, -0.1) is 0 Å². The van der Waals surface area contributed by atoms with Gasteiger partial charge < -0.3 is 9.47 Å².